The van der Waals surface area contributed by atoms with Gasteiger partial charge in [-0.2, -0.15) is 27.1 Å². The van der Waals surface area contributed by atoms with Crippen molar-refractivity contribution in [2.45, 2.75) is 68.6 Å². The molecule has 2 aliphatic heterocycles. The van der Waals surface area contributed by atoms with Gasteiger partial charge in [0.1, 0.15) is 16.4 Å². The highest BCUT2D eigenvalue weighted by Gasteiger charge is 2.29. The molecule has 0 unspecified atom stereocenters. The fraction of sp³-hybridized carbons (Fsp3) is 0.286. The molecule has 57 heavy (non-hydrogen) atoms. The molecule has 0 bridgehead atoms. The normalized spacial score (nSPS) is 14.0. The van der Waals surface area contributed by atoms with Gasteiger partial charge in [0.25, 0.3) is 32.1 Å². The van der Waals surface area contributed by atoms with Gasteiger partial charge in [-0.05, 0) is 97.5 Å². The molecule has 0 fully saturated rings. The van der Waals surface area contributed by atoms with Crippen molar-refractivity contribution in [3.63, 3.8) is 0 Å². The van der Waals surface area contributed by atoms with E-state index in [4.69, 9.17) is 4.74 Å². The largest absolute Gasteiger partial charge is 0.456 e. The molecule has 2 heterocycles. The smallest absolute Gasteiger partial charge is 0.295 e. The Morgan fingerprint density at radius 3 is 2.05 bits per heavy atom. The molecule has 0 spiro atoms. The van der Waals surface area contributed by atoms with Crippen LogP contribution in [0, 0.1) is 0 Å². The molecule has 0 atom stereocenters. The van der Waals surface area contributed by atoms with Crippen LogP contribution in [0.2, 0.25) is 0 Å². The van der Waals surface area contributed by atoms with Gasteiger partial charge in [-0.25, -0.2) is 0 Å². The Kier molecular flexibility index (Phi) is 12.2. The molecule has 0 radical (unpaired) electrons. The number of anilines is 1. The number of benzene rings is 4. The number of ether oxygens (including phenoxy) is 1. The van der Waals surface area contributed by atoms with Crippen LogP contribution >= 0.6 is 0 Å². The summed E-state index contributed by atoms with van der Waals surface area (Å²) in [5.41, 5.74) is 4.60. The molecule has 0 saturated heterocycles. The summed E-state index contributed by atoms with van der Waals surface area (Å²) in [6.45, 7) is 9.53. The van der Waals surface area contributed by atoms with Gasteiger partial charge < -0.3 is 9.64 Å². The first-order chi connectivity index (χ1) is 27.1. The lowest BCUT2D eigenvalue weighted by Gasteiger charge is -2.25. The summed E-state index contributed by atoms with van der Waals surface area (Å²) in [6.07, 6.45) is 8.05. The van der Waals surface area contributed by atoms with E-state index in [2.05, 4.69) is 30.7 Å². The Bertz CT molecular complexity index is 2620. The lowest BCUT2D eigenvalue weighted by molar-refractivity contribution is -0.136. The van der Waals surface area contributed by atoms with Crippen LogP contribution in [0.3, 0.4) is 0 Å². The number of azo groups is 1. The summed E-state index contributed by atoms with van der Waals surface area (Å²) in [5, 5.41) is 10.3. The Morgan fingerprint density at radius 2 is 1.40 bits per heavy atom. The third-order valence-electron chi connectivity index (χ3n) is 10.0. The molecule has 2 N–H and O–H groups in total. The highest BCUT2D eigenvalue weighted by molar-refractivity contribution is 7.86. The molecule has 4 aromatic rings. The van der Waals surface area contributed by atoms with Gasteiger partial charge in [0, 0.05) is 71.5 Å². The van der Waals surface area contributed by atoms with Crippen LogP contribution in [0.5, 0.6) is 11.5 Å². The van der Waals surface area contributed by atoms with Crippen molar-refractivity contribution in [1.82, 2.24) is 4.90 Å². The molecule has 2 amide bonds. The van der Waals surface area contributed by atoms with Crippen molar-refractivity contribution in [3.8, 4) is 11.5 Å². The molecule has 0 saturated carbocycles. The predicted octanol–water partition coefficient (Wildman–Crippen LogP) is 6.80. The van der Waals surface area contributed by atoms with E-state index < -0.39 is 30.0 Å². The van der Waals surface area contributed by atoms with Crippen molar-refractivity contribution in [2.75, 3.05) is 25.0 Å². The Labute approximate surface area is 332 Å². The third-order valence-corrected chi connectivity index (χ3v) is 11.8. The van der Waals surface area contributed by atoms with Gasteiger partial charge in [-0.1, -0.05) is 39.3 Å². The molecule has 298 valence electrons. The molecule has 0 aliphatic carbocycles. The lowest BCUT2D eigenvalue weighted by atomic mass is 9.88. The van der Waals surface area contributed by atoms with Gasteiger partial charge >= 0.3 is 0 Å². The van der Waals surface area contributed by atoms with E-state index in [0.29, 0.717) is 71.6 Å². The zero-order valence-corrected chi connectivity index (χ0v) is 33.6. The van der Waals surface area contributed by atoms with E-state index in [1.807, 2.05) is 42.3 Å². The highest BCUT2D eigenvalue weighted by atomic mass is 32.2. The summed E-state index contributed by atoms with van der Waals surface area (Å²) < 4.78 is 76.8. The predicted molar refractivity (Wildman–Crippen MR) is 217 cm³/mol. The molecule has 0 aromatic heterocycles. The zero-order valence-electron chi connectivity index (χ0n) is 31.9. The summed E-state index contributed by atoms with van der Waals surface area (Å²) >= 11 is 0. The Hall–Kier alpha value is -5.48. The molecular weight excluding hydrogens is 769 g/mol. The number of imide groups is 1. The highest BCUT2D eigenvalue weighted by Crippen LogP contribution is 2.42. The maximum absolute atomic E-state index is 12.9. The molecule has 13 nitrogen and oxygen atoms in total. The van der Waals surface area contributed by atoms with Crippen LogP contribution in [0.15, 0.2) is 98.9 Å². The molecule has 4 aromatic carbocycles. The summed E-state index contributed by atoms with van der Waals surface area (Å²) in [6, 6.07) is 17.5. The number of amides is 2. The van der Waals surface area contributed by atoms with Crippen molar-refractivity contribution in [3.05, 3.63) is 112 Å². The number of aryl methyl sites for hydroxylation is 1. The second-order valence-corrected chi connectivity index (χ2v) is 16.8. The van der Waals surface area contributed by atoms with E-state index in [9.17, 15) is 35.5 Å². The number of unbranched alkanes of at least 4 members (excludes halogenated alkanes) is 2. The minimum Gasteiger partial charge on any atom is -0.456 e. The van der Waals surface area contributed by atoms with Gasteiger partial charge in [0.2, 0.25) is 0 Å². The second-order valence-electron chi connectivity index (χ2n) is 14.0. The first-order valence-corrected chi connectivity index (χ1v) is 21.5. The van der Waals surface area contributed by atoms with Crippen LogP contribution in [-0.4, -0.2) is 62.8 Å². The molecule has 6 rings (SSSR count). The van der Waals surface area contributed by atoms with Crippen LogP contribution in [0.25, 0.3) is 12.2 Å². The molecule has 15 heteroatoms. The maximum Gasteiger partial charge on any atom is 0.295 e. The number of hydrogen-bond donors (Lipinski definition) is 2. The third kappa shape index (κ3) is 9.07. The summed E-state index contributed by atoms with van der Waals surface area (Å²) in [5.74, 6) is 0.204. The maximum atomic E-state index is 12.9. The SMILES string of the molecule is C=c1c(CCCC)cc2c(c1CCCC)Oc1cc(/N=N/c3ccc(N(C)CCCN4C(=O)C=CC4=O)cc3)ccc1C=2c1ccc(S(=O)(=O)O)cc1S(=O)(=O)O. The van der Waals surface area contributed by atoms with Crippen molar-refractivity contribution in [2.24, 2.45) is 10.2 Å². The Morgan fingerprint density at radius 1 is 0.772 bits per heavy atom. The van der Waals surface area contributed by atoms with Gasteiger partial charge in [-0.15, -0.1) is 0 Å². The van der Waals surface area contributed by atoms with E-state index in [-0.39, 0.29) is 17.4 Å². The Balaban J connectivity index is 1.38. The van der Waals surface area contributed by atoms with Crippen LogP contribution in [0.1, 0.15) is 68.2 Å². The number of fused-ring (bicyclic) bond motifs is 2. The van der Waals surface area contributed by atoms with Crippen molar-refractivity contribution < 1.29 is 40.3 Å². The molecular formula is C42H44N4O9S2. The first-order valence-electron chi connectivity index (χ1n) is 18.7. The van der Waals surface area contributed by atoms with Crippen molar-refractivity contribution in [1.29, 1.82) is 0 Å². The second kappa shape index (κ2) is 16.9. The van der Waals surface area contributed by atoms with Crippen LogP contribution in [-0.2, 0) is 42.7 Å². The van der Waals surface area contributed by atoms with Gasteiger partial charge in [-0.3, -0.25) is 23.6 Å². The summed E-state index contributed by atoms with van der Waals surface area (Å²) in [7, 11) is -7.91. The van der Waals surface area contributed by atoms with E-state index in [0.717, 1.165) is 59.8 Å². The van der Waals surface area contributed by atoms with Gasteiger partial charge in [0.05, 0.1) is 16.3 Å². The number of rotatable bonds is 16. The minimum absolute atomic E-state index is 0.0184. The quantitative estimate of drug-likeness (QED) is 0.0611. The van der Waals surface area contributed by atoms with E-state index in [1.165, 1.54) is 23.1 Å². The average molecular weight is 813 g/mol. The fourth-order valence-electron chi connectivity index (χ4n) is 6.96. The number of nitrogens with zero attached hydrogens (tertiary/aromatic N) is 4. The monoisotopic (exact) mass is 812 g/mol. The standard InChI is InChI=1S/C42H44N4O9S2/c1-5-7-10-28-24-36-41(35-19-17-32(56(49,50)51)26-38(35)57(52,53)54)34-18-14-30(25-37(34)55-42(36)33(27(28)3)11-8-6-2)44-43-29-12-15-31(16-13-29)45(4)22-9-23-46-39(47)20-21-40(46)48/h12-21,24-26H,3,5-11,22-23H2,1-2,4H3,(H,49,50,51)(H,52,53,54)/b44-43+. The fourth-order valence-corrected chi connectivity index (χ4v) is 8.26. The zero-order chi connectivity index (χ0) is 41.1. The topological polar surface area (TPSA) is 183 Å². The van der Waals surface area contributed by atoms with E-state index >= 15 is 0 Å². The minimum atomic E-state index is -5.01. The number of carbonyl (C=O) groups is 2. The lowest BCUT2D eigenvalue weighted by Crippen LogP contribution is -2.33. The number of hydrogen-bond acceptors (Lipinski definition) is 10. The van der Waals surface area contributed by atoms with Crippen LogP contribution in [0.4, 0.5) is 17.1 Å². The van der Waals surface area contributed by atoms with E-state index in [1.54, 1.807) is 18.2 Å². The first kappa shape index (κ1) is 41.2. The summed E-state index contributed by atoms with van der Waals surface area (Å²) in [4.78, 5) is 25.5. The number of carbonyl (C=O) groups excluding carboxylic acids is 2. The average Bonchev–Trinajstić information content (AvgIpc) is 3.50. The van der Waals surface area contributed by atoms with Crippen molar-refractivity contribution >= 4 is 61.3 Å². The van der Waals surface area contributed by atoms with Gasteiger partial charge in [0.15, 0.2) is 0 Å². The molecule has 2 aliphatic rings. The van der Waals surface area contributed by atoms with Crippen LogP contribution < -0.4 is 20.1 Å².